The van der Waals surface area contributed by atoms with Crippen LogP contribution < -0.4 is 4.74 Å². The van der Waals surface area contributed by atoms with Crippen molar-refractivity contribution in [1.82, 2.24) is 4.90 Å². The van der Waals surface area contributed by atoms with Crippen LogP contribution in [0.1, 0.15) is 11.1 Å². The molecule has 0 aliphatic carbocycles. The number of carbonyl (C=O) groups excluding carboxylic acids is 2. The Morgan fingerprint density at radius 1 is 1.26 bits per heavy atom. The zero-order chi connectivity index (χ0) is 19.6. The minimum Gasteiger partial charge on any atom is -0.488 e. The fourth-order valence-electron chi connectivity index (χ4n) is 2.34. The zero-order valence-corrected chi connectivity index (χ0v) is 16.5. The summed E-state index contributed by atoms with van der Waals surface area (Å²) in [6, 6.07) is 11.5. The summed E-state index contributed by atoms with van der Waals surface area (Å²) in [5.41, 5.74) is 1.43. The molecule has 138 valence electrons. The van der Waals surface area contributed by atoms with Crippen molar-refractivity contribution in [2.45, 2.75) is 6.61 Å². The summed E-state index contributed by atoms with van der Waals surface area (Å²) >= 11 is 4.31. The summed E-state index contributed by atoms with van der Waals surface area (Å²) in [6.45, 7) is 0.175. The predicted molar refractivity (Wildman–Crippen MR) is 105 cm³/mol. The number of hydrogen-bond donors (Lipinski definition) is 0. The highest BCUT2D eigenvalue weighted by Crippen LogP contribution is 2.33. The fraction of sp³-hybridized carbons (Fsp3) is 0.111. The number of nitro benzene ring substituents is 1. The Morgan fingerprint density at radius 3 is 2.67 bits per heavy atom. The Hall–Kier alpha value is -2.65. The highest BCUT2D eigenvalue weighted by atomic mass is 79.9. The number of hydrogen-bond acceptors (Lipinski definition) is 6. The van der Waals surface area contributed by atoms with Crippen molar-refractivity contribution in [1.29, 1.82) is 0 Å². The van der Waals surface area contributed by atoms with E-state index in [2.05, 4.69) is 15.9 Å². The average molecular weight is 449 g/mol. The molecule has 0 unspecified atom stereocenters. The SMILES string of the molecule is CN1C(=O)S/C(=C\c2ccc(OCc3cccc([N+](=O)[O-])c3)c(Br)c2)C1=O. The summed E-state index contributed by atoms with van der Waals surface area (Å²) in [7, 11) is 1.44. The number of likely N-dealkylation sites (N-methyl/N-ethyl adjacent to an activating group) is 1. The second kappa shape index (κ2) is 7.93. The molecule has 27 heavy (non-hydrogen) atoms. The summed E-state index contributed by atoms with van der Waals surface area (Å²) in [5, 5.41) is 10.5. The maximum Gasteiger partial charge on any atom is 0.293 e. The second-order valence-electron chi connectivity index (χ2n) is 5.65. The van der Waals surface area contributed by atoms with Crippen LogP contribution in [0, 0.1) is 10.1 Å². The van der Waals surface area contributed by atoms with Crippen molar-refractivity contribution in [2.75, 3.05) is 7.05 Å². The van der Waals surface area contributed by atoms with E-state index in [9.17, 15) is 19.7 Å². The molecule has 1 saturated heterocycles. The van der Waals surface area contributed by atoms with Gasteiger partial charge < -0.3 is 4.74 Å². The number of imide groups is 1. The highest BCUT2D eigenvalue weighted by molar-refractivity contribution is 9.10. The Balaban J connectivity index is 1.72. The highest BCUT2D eigenvalue weighted by Gasteiger charge is 2.31. The number of thioether (sulfide) groups is 1. The van der Waals surface area contributed by atoms with Crippen molar-refractivity contribution in [2.24, 2.45) is 0 Å². The molecule has 0 saturated carbocycles. The Kier molecular flexibility index (Phi) is 5.62. The van der Waals surface area contributed by atoms with E-state index >= 15 is 0 Å². The number of nitro groups is 1. The van der Waals surface area contributed by atoms with Crippen LogP contribution in [-0.4, -0.2) is 28.0 Å². The molecular formula is C18H13BrN2O5S. The molecule has 0 aromatic heterocycles. The van der Waals surface area contributed by atoms with Crippen LogP contribution in [0.25, 0.3) is 6.08 Å². The van der Waals surface area contributed by atoms with Gasteiger partial charge in [-0.25, -0.2) is 0 Å². The Labute approximate surface area is 167 Å². The van der Waals surface area contributed by atoms with Gasteiger partial charge in [0.1, 0.15) is 12.4 Å². The largest absolute Gasteiger partial charge is 0.488 e. The van der Waals surface area contributed by atoms with E-state index in [1.807, 2.05) is 0 Å². The van der Waals surface area contributed by atoms with Gasteiger partial charge in [0.25, 0.3) is 16.8 Å². The van der Waals surface area contributed by atoms with Gasteiger partial charge in [-0.15, -0.1) is 0 Å². The van der Waals surface area contributed by atoms with Gasteiger partial charge in [-0.3, -0.25) is 24.6 Å². The summed E-state index contributed by atoms with van der Waals surface area (Å²) < 4.78 is 6.38. The molecule has 9 heteroatoms. The molecule has 1 heterocycles. The van der Waals surface area contributed by atoms with E-state index < -0.39 is 4.92 Å². The minimum atomic E-state index is -0.452. The van der Waals surface area contributed by atoms with Gasteiger partial charge in [0.2, 0.25) is 0 Å². The number of non-ortho nitro benzene ring substituents is 1. The normalized spacial score (nSPS) is 15.5. The molecule has 1 aliphatic rings. The summed E-state index contributed by atoms with van der Waals surface area (Å²) in [4.78, 5) is 35.3. The van der Waals surface area contributed by atoms with Crippen molar-refractivity contribution in [3.63, 3.8) is 0 Å². The number of nitrogens with zero attached hydrogens (tertiary/aromatic N) is 2. The first-order valence-electron chi connectivity index (χ1n) is 7.72. The lowest BCUT2D eigenvalue weighted by Crippen LogP contribution is -2.22. The lowest BCUT2D eigenvalue weighted by molar-refractivity contribution is -0.384. The molecule has 7 nitrogen and oxygen atoms in total. The molecule has 0 bridgehead atoms. The van der Waals surface area contributed by atoms with Crippen molar-refractivity contribution >= 4 is 50.6 Å². The maximum atomic E-state index is 11.9. The molecule has 0 atom stereocenters. The molecule has 0 spiro atoms. The van der Waals surface area contributed by atoms with Crippen LogP contribution in [0.3, 0.4) is 0 Å². The molecule has 2 amide bonds. The summed E-state index contributed by atoms with van der Waals surface area (Å²) in [6.07, 6.45) is 1.64. The molecule has 0 radical (unpaired) electrons. The van der Waals surface area contributed by atoms with Crippen molar-refractivity contribution < 1.29 is 19.2 Å². The molecule has 1 fully saturated rings. The fourth-order valence-corrected chi connectivity index (χ4v) is 3.68. The molecule has 3 rings (SSSR count). The number of rotatable bonds is 5. The number of halogens is 1. The Bertz CT molecular complexity index is 976. The molecule has 0 N–H and O–H groups in total. The molecule has 2 aromatic rings. The van der Waals surface area contributed by atoms with Gasteiger partial charge in [-0.1, -0.05) is 18.2 Å². The van der Waals surface area contributed by atoms with E-state index in [0.29, 0.717) is 20.7 Å². The lowest BCUT2D eigenvalue weighted by Gasteiger charge is -2.09. The molecular weight excluding hydrogens is 436 g/mol. The number of carbonyl (C=O) groups is 2. The van der Waals surface area contributed by atoms with E-state index in [1.165, 1.54) is 19.2 Å². The Morgan fingerprint density at radius 2 is 2.04 bits per heavy atom. The monoisotopic (exact) mass is 448 g/mol. The maximum absolute atomic E-state index is 11.9. The first-order chi connectivity index (χ1) is 12.8. The number of benzene rings is 2. The average Bonchev–Trinajstić information content (AvgIpc) is 2.88. The van der Waals surface area contributed by atoms with Crippen molar-refractivity contribution in [3.05, 3.63) is 73.1 Å². The van der Waals surface area contributed by atoms with Gasteiger partial charge >= 0.3 is 0 Å². The summed E-state index contributed by atoms with van der Waals surface area (Å²) in [5.74, 6) is 0.231. The van der Waals surface area contributed by atoms with Crippen LogP contribution in [0.15, 0.2) is 51.8 Å². The topological polar surface area (TPSA) is 89.8 Å². The van der Waals surface area contributed by atoms with Crippen LogP contribution in [0.4, 0.5) is 10.5 Å². The van der Waals surface area contributed by atoms with Crippen LogP contribution in [0.5, 0.6) is 5.75 Å². The smallest absolute Gasteiger partial charge is 0.293 e. The third kappa shape index (κ3) is 4.37. The van der Waals surface area contributed by atoms with Crippen LogP contribution in [0.2, 0.25) is 0 Å². The van der Waals surface area contributed by atoms with Gasteiger partial charge in [-0.2, -0.15) is 0 Å². The van der Waals surface area contributed by atoms with Crippen LogP contribution >= 0.6 is 27.7 Å². The zero-order valence-electron chi connectivity index (χ0n) is 14.0. The van der Waals surface area contributed by atoms with E-state index in [-0.39, 0.29) is 23.4 Å². The number of ether oxygens (including phenoxy) is 1. The molecule has 1 aliphatic heterocycles. The van der Waals surface area contributed by atoms with E-state index in [0.717, 1.165) is 22.2 Å². The first kappa shape index (κ1) is 19.1. The van der Waals surface area contributed by atoms with E-state index in [1.54, 1.807) is 36.4 Å². The van der Waals surface area contributed by atoms with Crippen molar-refractivity contribution in [3.8, 4) is 5.75 Å². The third-order valence-electron chi connectivity index (χ3n) is 3.76. The quantitative estimate of drug-likeness (QED) is 0.377. The van der Waals surface area contributed by atoms with Gasteiger partial charge in [0, 0.05) is 19.2 Å². The standard InChI is InChI=1S/C18H13BrN2O5S/c1-20-17(22)16(27-18(20)23)9-11-5-6-15(14(19)8-11)26-10-12-3-2-4-13(7-12)21(24)25/h2-9H,10H2,1H3/b16-9-. The van der Waals surface area contributed by atoms with Crippen LogP contribution in [-0.2, 0) is 11.4 Å². The predicted octanol–water partition coefficient (Wildman–Crippen LogP) is 4.60. The van der Waals surface area contributed by atoms with E-state index in [4.69, 9.17) is 4.74 Å². The minimum absolute atomic E-state index is 0.00962. The first-order valence-corrected chi connectivity index (χ1v) is 9.33. The molecule has 2 aromatic carbocycles. The van der Waals surface area contributed by atoms with Gasteiger partial charge in [-0.05, 0) is 57.0 Å². The second-order valence-corrected chi connectivity index (χ2v) is 7.49. The lowest BCUT2D eigenvalue weighted by atomic mass is 10.2. The third-order valence-corrected chi connectivity index (χ3v) is 5.34. The van der Waals surface area contributed by atoms with Gasteiger partial charge in [0.15, 0.2) is 0 Å². The van der Waals surface area contributed by atoms with Gasteiger partial charge in [0.05, 0.1) is 14.3 Å². The number of amides is 2.